The van der Waals surface area contributed by atoms with E-state index < -0.39 is 11.9 Å². The van der Waals surface area contributed by atoms with Crippen LogP contribution in [0, 0.1) is 13.8 Å². The Morgan fingerprint density at radius 2 is 1.62 bits per heavy atom. The van der Waals surface area contributed by atoms with Gasteiger partial charge in [-0.05, 0) is 38.1 Å². The summed E-state index contributed by atoms with van der Waals surface area (Å²) < 4.78 is 43.6. The van der Waals surface area contributed by atoms with Gasteiger partial charge in [0.25, 0.3) is 0 Å². The minimum absolute atomic E-state index is 0.197. The number of furan rings is 1. The van der Waals surface area contributed by atoms with Gasteiger partial charge in [-0.3, -0.25) is 4.98 Å². The third kappa shape index (κ3) is 3.17. The lowest BCUT2D eigenvalue weighted by molar-refractivity contribution is -0.153. The summed E-state index contributed by atoms with van der Waals surface area (Å²) >= 11 is 5.91. The SMILES string of the molecule is Cc1ccc(-c2cc(C(F)(F)F)oc2C)c(-c2ccc(Cl)cc2)n1. The molecule has 0 saturated carbocycles. The van der Waals surface area contributed by atoms with Crippen molar-refractivity contribution in [1.82, 2.24) is 4.98 Å². The van der Waals surface area contributed by atoms with Gasteiger partial charge < -0.3 is 4.42 Å². The van der Waals surface area contributed by atoms with Crippen LogP contribution in [0.15, 0.2) is 46.9 Å². The Balaban J connectivity index is 2.19. The van der Waals surface area contributed by atoms with Crippen LogP contribution in [0.1, 0.15) is 17.2 Å². The van der Waals surface area contributed by atoms with Crippen LogP contribution in [-0.2, 0) is 6.18 Å². The average Bonchev–Trinajstić information content (AvgIpc) is 2.90. The maximum atomic E-state index is 12.9. The summed E-state index contributed by atoms with van der Waals surface area (Å²) in [5.74, 6) is -0.819. The molecule has 2 nitrogen and oxygen atoms in total. The standard InChI is InChI=1S/C18H13ClF3NO/c1-10-3-8-14(15-9-16(18(20,21)22)24-11(15)2)17(23-10)12-4-6-13(19)7-5-12/h3-9H,1-2H3. The fourth-order valence-electron chi connectivity index (χ4n) is 2.49. The molecule has 0 atom stereocenters. The number of pyridine rings is 1. The van der Waals surface area contributed by atoms with E-state index in [1.165, 1.54) is 6.92 Å². The van der Waals surface area contributed by atoms with E-state index in [1.807, 2.05) is 6.92 Å². The summed E-state index contributed by atoms with van der Waals surface area (Å²) in [5, 5.41) is 0.576. The van der Waals surface area contributed by atoms with E-state index in [0.29, 0.717) is 21.8 Å². The third-order valence-corrected chi connectivity index (χ3v) is 3.89. The van der Waals surface area contributed by atoms with Crippen LogP contribution < -0.4 is 0 Å². The molecule has 6 heteroatoms. The van der Waals surface area contributed by atoms with Gasteiger partial charge in [-0.2, -0.15) is 13.2 Å². The van der Waals surface area contributed by atoms with Gasteiger partial charge in [0.05, 0.1) is 5.69 Å². The second-order valence-electron chi connectivity index (χ2n) is 5.43. The zero-order valence-corrected chi connectivity index (χ0v) is 13.7. The smallest absolute Gasteiger partial charge is 0.449 e. The van der Waals surface area contributed by atoms with Crippen molar-refractivity contribution < 1.29 is 17.6 Å². The number of rotatable bonds is 2. The number of nitrogens with zero attached hydrogens (tertiary/aromatic N) is 1. The molecule has 0 N–H and O–H groups in total. The summed E-state index contributed by atoms with van der Waals surface area (Å²) in [7, 11) is 0. The van der Waals surface area contributed by atoms with Crippen molar-refractivity contribution in [2.75, 3.05) is 0 Å². The lowest BCUT2D eigenvalue weighted by Crippen LogP contribution is -2.02. The molecular weight excluding hydrogens is 339 g/mol. The summed E-state index contributed by atoms with van der Waals surface area (Å²) in [6, 6.07) is 11.5. The van der Waals surface area contributed by atoms with E-state index in [9.17, 15) is 13.2 Å². The highest BCUT2D eigenvalue weighted by molar-refractivity contribution is 6.30. The molecule has 0 fully saturated rings. The highest BCUT2D eigenvalue weighted by atomic mass is 35.5. The molecule has 0 bridgehead atoms. The Morgan fingerprint density at radius 3 is 2.21 bits per heavy atom. The number of hydrogen-bond acceptors (Lipinski definition) is 2. The summed E-state index contributed by atoms with van der Waals surface area (Å²) in [4.78, 5) is 4.50. The van der Waals surface area contributed by atoms with Crippen molar-refractivity contribution in [2.24, 2.45) is 0 Å². The molecule has 0 aliphatic heterocycles. The molecule has 2 aromatic heterocycles. The predicted octanol–water partition coefficient (Wildman–Crippen LogP) is 6.30. The first kappa shape index (κ1) is 16.6. The molecule has 2 heterocycles. The van der Waals surface area contributed by atoms with Crippen LogP contribution in [0.25, 0.3) is 22.4 Å². The van der Waals surface area contributed by atoms with Gasteiger partial charge in [0, 0.05) is 27.4 Å². The van der Waals surface area contributed by atoms with Gasteiger partial charge in [0.15, 0.2) is 0 Å². The van der Waals surface area contributed by atoms with Crippen molar-refractivity contribution in [3.63, 3.8) is 0 Å². The lowest BCUT2D eigenvalue weighted by Gasteiger charge is -2.09. The molecule has 0 radical (unpaired) electrons. The zero-order chi connectivity index (χ0) is 17.5. The Hall–Kier alpha value is -2.27. The van der Waals surface area contributed by atoms with E-state index in [2.05, 4.69) is 4.98 Å². The number of benzene rings is 1. The molecule has 24 heavy (non-hydrogen) atoms. The van der Waals surface area contributed by atoms with Crippen LogP contribution in [0.2, 0.25) is 5.02 Å². The first-order valence-corrected chi connectivity index (χ1v) is 7.55. The molecule has 124 valence electrons. The number of hydrogen-bond donors (Lipinski definition) is 0. The second-order valence-corrected chi connectivity index (χ2v) is 5.87. The molecule has 0 amide bonds. The van der Waals surface area contributed by atoms with Crippen molar-refractivity contribution in [2.45, 2.75) is 20.0 Å². The lowest BCUT2D eigenvalue weighted by atomic mass is 9.99. The molecule has 0 saturated heterocycles. The molecule has 0 aliphatic rings. The normalized spacial score (nSPS) is 11.8. The Morgan fingerprint density at radius 1 is 0.958 bits per heavy atom. The minimum atomic E-state index is -4.53. The number of aromatic nitrogens is 1. The molecular formula is C18H13ClF3NO. The molecule has 3 aromatic rings. The maximum absolute atomic E-state index is 12.9. The monoisotopic (exact) mass is 351 g/mol. The fourth-order valence-corrected chi connectivity index (χ4v) is 2.62. The Kier molecular flexibility index (Phi) is 4.13. The van der Waals surface area contributed by atoms with E-state index in [4.69, 9.17) is 16.0 Å². The summed E-state index contributed by atoms with van der Waals surface area (Å²) in [6.45, 7) is 3.34. The molecule has 3 rings (SSSR count). The summed E-state index contributed by atoms with van der Waals surface area (Å²) in [6.07, 6.45) is -4.53. The van der Waals surface area contributed by atoms with Gasteiger partial charge in [0.2, 0.25) is 5.76 Å². The Labute approximate surface area is 141 Å². The first-order chi connectivity index (χ1) is 11.3. The minimum Gasteiger partial charge on any atom is -0.456 e. The maximum Gasteiger partial charge on any atom is 0.449 e. The molecule has 0 aliphatic carbocycles. The number of alkyl halides is 3. The van der Waals surface area contributed by atoms with Crippen LogP contribution in [-0.4, -0.2) is 4.98 Å². The largest absolute Gasteiger partial charge is 0.456 e. The number of aryl methyl sites for hydroxylation is 2. The zero-order valence-electron chi connectivity index (χ0n) is 12.9. The second kappa shape index (κ2) is 5.98. The van der Waals surface area contributed by atoms with Gasteiger partial charge in [-0.1, -0.05) is 29.8 Å². The Bertz CT molecular complexity index is 882. The molecule has 1 aromatic carbocycles. The van der Waals surface area contributed by atoms with E-state index >= 15 is 0 Å². The van der Waals surface area contributed by atoms with E-state index in [0.717, 1.165) is 17.3 Å². The van der Waals surface area contributed by atoms with Crippen LogP contribution in [0.4, 0.5) is 13.2 Å². The van der Waals surface area contributed by atoms with Gasteiger partial charge in [-0.15, -0.1) is 0 Å². The van der Waals surface area contributed by atoms with Crippen LogP contribution >= 0.6 is 11.6 Å². The van der Waals surface area contributed by atoms with E-state index in [-0.39, 0.29) is 5.76 Å². The van der Waals surface area contributed by atoms with Crippen LogP contribution in [0.5, 0.6) is 0 Å². The quantitative estimate of drug-likeness (QED) is 0.541. The predicted molar refractivity (Wildman–Crippen MR) is 86.9 cm³/mol. The topological polar surface area (TPSA) is 26.0 Å². The highest BCUT2D eigenvalue weighted by Gasteiger charge is 2.36. The van der Waals surface area contributed by atoms with Crippen molar-refractivity contribution in [3.05, 3.63) is 64.7 Å². The van der Waals surface area contributed by atoms with Crippen molar-refractivity contribution >= 4 is 11.6 Å². The van der Waals surface area contributed by atoms with E-state index in [1.54, 1.807) is 36.4 Å². The fraction of sp³-hybridized carbons (Fsp3) is 0.167. The van der Waals surface area contributed by atoms with Crippen LogP contribution in [0.3, 0.4) is 0 Å². The average molecular weight is 352 g/mol. The van der Waals surface area contributed by atoms with Gasteiger partial charge >= 0.3 is 6.18 Å². The van der Waals surface area contributed by atoms with Gasteiger partial charge in [0.1, 0.15) is 5.76 Å². The van der Waals surface area contributed by atoms with Gasteiger partial charge in [-0.25, -0.2) is 0 Å². The molecule has 0 spiro atoms. The third-order valence-electron chi connectivity index (χ3n) is 3.64. The summed E-state index contributed by atoms with van der Waals surface area (Å²) in [5.41, 5.74) is 3.08. The number of halogens is 4. The highest BCUT2D eigenvalue weighted by Crippen LogP contribution is 2.39. The van der Waals surface area contributed by atoms with Crippen molar-refractivity contribution in [1.29, 1.82) is 0 Å². The molecule has 0 unspecified atom stereocenters. The first-order valence-electron chi connectivity index (χ1n) is 7.17. The van der Waals surface area contributed by atoms with Crippen molar-refractivity contribution in [3.8, 4) is 22.4 Å².